The molecule has 0 aromatic rings. The molecular weight excluding hydrogens is 112 g/mol. The van der Waals surface area contributed by atoms with Gasteiger partial charge in [-0.2, -0.15) is 0 Å². The molecule has 2 atom stereocenters. The van der Waals surface area contributed by atoms with Crippen LogP contribution < -0.4 is 11.1 Å². The van der Waals surface area contributed by atoms with Crippen LogP contribution in [0.3, 0.4) is 0 Å². The SMILES string of the molecule is CC1C[N]CC(C)C1N. The second-order valence-electron chi connectivity index (χ2n) is 3.12. The van der Waals surface area contributed by atoms with Gasteiger partial charge in [-0.1, -0.05) is 13.8 Å². The minimum atomic E-state index is 0.377. The zero-order valence-corrected chi connectivity index (χ0v) is 6.17. The highest BCUT2D eigenvalue weighted by Gasteiger charge is 2.23. The lowest BCUT2D eigenvalue weighted by Gasteiger charge is -2.30. The highest BCUT2D eigenvalue weighted by atomic mass is 14.9. The zero-order valence-electron chi connectivity index (χ0n) is 6.17. The average Bonchev–Trinajstić information content (AvgIpc) is 1.83. The van der Waals surface area contributed by atoms with Gasteiger partial charge < -0.3 is 5.73 Å². The van der Waals surface area contributed by atoms with E-state index in [2.05, 4.69) is 19.2 Å². The Labute approximate surface area is 56.8 Å². The lowest BCUT2D eigenvalue weighted by molar-refractivity contribution is 0.266. The third-order valence-electron chi connectivity index (χ3n) is 2.15. The van der Waals surface area contributed by atoms with Crippen LogP contribution in [0.25, 0.3) is 0 Å². The summed E-state index contributed by atoms with van der Waals surface area (Å²) in [5, 5.41) is 4.31. The van der Waals surface area contributed by atoms with Gasteiger partial charge in [-0.05, 0) is 11.8 Å². The molecule has 0 saturated carbocycles. The molecule has 1 rings (SSSR count). The summed E-state index contributed by atoms with van der Waals surface area (Å²) in [5.41, 5.74) is 5.86. The number of nitrogens with zero attached hydrogens (tertiary/aromatic N) is 1. The molecular formula is C7H15N2. The van der Waals surface area contributed by atoms with Crippen molar-refractivity contribution < 1.29 is 0 Å². The molecule has 1 saturated heterocycles. The summed E-state index contributed by atoms with van der Waals surface area (Å²) >= 11 is 0. The van der Waals surface area contributed by atoms with Gasteiger partial charge >= 0.3 is 0 Å². The van der Waals surface area contributed by atoms with Crippen molar-refractivity contribution in [3.05, 3.63) is 0 Å². The Morgan fingerprint density at radius 1 is 1.22 bits per heavy atom. The van der Waals surface area contributed by atoms with Crippen molar-refractivity contribution in [2.45, 2.75) is 19.9 Å². The molecule has 0 amide bonds. The van der Waals surface area contributed by atoms with Gasteiger partial charge in [-0.25, -0.2) is 5.32 Å². The monoisotopic (exact) mass is 127 g/mol. The molecule has 1 aliphatic rings. The smallest absolute Gasteiger partial charge is 0.0174 e. The summed E-state index contributed by atoms with van der Waals surface area (Å²) in [5.74, 6) is 1.18. The van der Waals surface area contributed by atoms with Crippen LogP contribution in [0.15, 0.2) is 0 Å². The van der Waals surface area contributed by atoms with Gasteiger partial charge in [0.15, 0.2) is 0 Å². The maximum Gasteiger partial charge on any atom is 0.0174 e. The topological polar surface area (TPSA) is 40.1 Å². The van der Waals surface area contributed by atoms with Crippen molar-refractivity contribution in [2.75, 3.05) is 13.1 Å². The van der Waals surface area contributed by atoms with E-state index in [-0.39, 0.29) is 0 Å². The fourth-order valence-electron chi connectivity index (χ4n) is 1.29. The molecule has 0 aliphatic carbocycles. The summed E-state index contributed by atoms with van der Waals surface area (Å²) in [6.07, 6.45) is 0. The fraction of sp³-hybridized carbons (Fsp3) is 1.00. The van der Waals surface area contributed by atoms with Gasteiger partial charge in [0.2, 0.25) is 0 Å². The molecule has 2 heteroatoms. The zero-order chi connectivity index (χ0) is 6.85. The van der Waals surface area contributed by atoms with Gasteiger partial charge in [0, 0.05) is 19.1 Å². The molecule has 9 heavy (non-hydrogen) atoms. The molecule has 1 heterocycles. The Morgan fingerprint density at radius 2 is 1.67 bits per heavy atom. The number of rotatable bonds is 0. The molecule has 1 fully saturated rings. The van der Waals surface area contributed by atoms with Crippen LogP contribution >= 0.6 is 0 Å². The maximum atomic E-state index is 5.86. The average molecular weight is 127 g/mol. The summed E-state index contributed by atoms with van der Waals surface area (Å²) in [6.45, 7) is 6.27. The Hall–Kier alpha value is -0.0800. The Morgan fingerprint density at radius 3 is 2.00 bits per heavy atom. The predicted octanol–water partition coefficient (Wildman–Crippen LogP) is 0.204. The first-order valence-electron chi connectivity index (χ1n) is 3.60. The summed E-state index contributed by atoms with van der Waals surface area (Å²) in [7, 11) is 0. The summed E-state index contributed by atoms with van der Waals surface area (Å²) in [4.78, 5) is 0. The van der Waals surface area contributed by atoms with E-state index in [0.717, 1.165) is 13.1 Å². The first kappa shape index (κ1) is 7.03. The quantitative estimate of drug-likeness (QED) is 0.496. The molecule has 0 bridgehead atoms. The van der Waals surface area contributed by atoms with Gasteiger partial charge in [0.25, 0.3) is 0 Å². The number of hydrogen-bond acceptors (Lipinski definition) is 1. The first-order chi connectivity index (χ1) is 4.22. The highest BCUT2D eigenvalue weighted by molar-refractivity contribution is 4.82. The van der Waals surface area contributed by atoms with E-state index in [0.29, 0.717) is 17.9 Å². The van der Waals surface area contributed by atoms with Crippen LogP contribution in [-0.4, -0.2) is 19.1 Å². The lowest BCUT2D eigenvalue weighted by Crippen LogP contribution is -2.46. The normalized spacial score (nSPS) is 45.0. The molecule has 53 valence electrons. The largest absolute Gasteiger partial charge is 0.327 e. The van der Waals surface area contributed by atoms with E-state index in [1.807, 2.05) is 0 Å². The van der Waals surface area contributed by atoms with E-state index in [4.69, 9.17) is 5.73 Å². The molecule has 1 aliphatic heterocycles. The second-order valence-corrected chi connectivity index (χ2v) is 3.12. The number of nitrogens with two attached hydrogens (primary N) is 1. The predicted molar refractivity (Wildman–Crippen MR) is 38.2 cm³/mol. The summed E-state index contributed by atoms with van der Waals surface area (Å²) in [6, 6.07) is 0.377. The summed E-state index contributed by atoms with van der Waals surface area (Å²) < 4.78 is 0. The molecule has 0 aromatic heterocycles. The molecule has 2 nitrogen and oxygen atoms in total. The van der Waals surface area contributed by atoms with Crippen molar-refractivity contribution in [1.82, 2.24) is 5.32 Å². The van der Waals surface area contributed by atoms with Crippen molar-refractivity contribution in [1.29, 1.82) is 0 Å². The number of hydrogen-bond donors (Lipinski definition) is 1. The van der Waals surface area contributed by atoms with E-state index >= 15 is 0 Å². The Kier molecular flexibility index (Phi) is 2.09. The lowest BCUT2D eigenvalue weighted by atomic mass is 9.88. The van der Waals surface area contributed by atoms with Crippen molar-refractivity contribution in [3.63, 3.8) is 0 Å². The van der Waals surface area contributed by atoms with Gasteiger partial charge in [-0.15, -0.1) is 0 Å². The van der Waals surface area contributed by atoms with E-state index in [9.17, 15) is 0 Å². The van der Waals surface area contributed by atoms with E-state index in [1.165, 1.54) is 0 Å². The molecule has 0 aromatic carbocycles. The van der Waals surface area contributed by atoms with E-state index < -0.39 is 0 Å². The molecule has 1 radical (unpaired) electrons. The number of piperidine rings is 1. The van der Waals surface area contributed by atoms with Crippen LogP contribution in [0.1, 0.15) is 13.8 Å². The molecule has 0 spiro atoms. The van der Waals surface area contributed by atoms with E-state index in [1.54, 1.807) is 0 Å². The minimum Gasteiger partial charge on any atom is -0.327 e. The van der Waals surface area contributed by atoms with Gasteiger partial charge in [0.1, 0.15) is 0 Å². The van der Waals surface area contributed by atoms with Gasteiger partial charge in [-0.3, -0.25) is 0 Å². The fourth-order valence-corrected chi connectivity index (χ4v) is 1.29. The highest BCUT2D eigenvalue weighted by Crippen LogP contribution is 2.14. The van der Waals surface area contributed by atoms with Crippen LogP contribution in [0.2, 0.25) is 0 Å². The van der Waals surface area contributed by atoms with Crippen LogP contribution in [0.5, 0.6) is 0 Å². The maximum absolute atomic E-state index is 5.86. The van der Waals surface area contributed by atoms with Crippen LogP contribution in [0.4, 0.5) is 0 Å². The second kappa shape index (κ2) is 2.67. The molecule has 2 unspecified atom stereocenters. The van der Waals surface area contributed by atoms with Crippen molar-refractivity contribution in [2.24, 2.45) is 17.6 Å². The Bertz CT molecular complexity index is 82.9. The van der Waals surface area contributed by atoms with Crippen LogP contribution in [0, 0.1) is 11.8 Å². The van der Waals surface area contributed by atoms with Gasteiger partial charge in [0.05, 0.1) is 0 Å². The van der Waals surface area contributed by atoms with Crippen molar-refractivity contribution in [3.8, 4) is 0 Å². The Balaban J connectivity index is 2.41. The van der Waals surface area contributed by atoms with Crippen molar-refractivity contribution >= 4 is 0 Å². The third kappa shape index (κ3) is 1.43. The van der Waals surface area contributed by atoms with Crippen LogP contribution in [-0.2, 0) is 0 Å². The third-order valence-corrected chi connectivity index (χ3v) is 2.15. The molecule has 2 N–H and O–H groups in total. The minimum absolute atomic E-state index is 0.377. The first-order valence-corrected chi connectivity index (χ1v) is 3.60. The standard InChI is InChI=1S/C7H15N2/c1-5-3-9-4-6(2)7(5)8/h5-7H,3-4,8H2,1-2H3.